The molecule has 1 aromatic carbocycles. The number of carbonyl (C=O) groups excluding carboxylic acids is 1. The number of halogens is 3. The first-order valence-corrected chi connectivity index (χ1v) is 6.44. The van der Waals surface area contributed by atoms with Crippen molar-refractivity contribution in [1.29, 1.82) is 0 Å². The van der Waals surface area contributed by atoms with Gasteiger partial charge in [0.05, 0.1) is 27.9 Å². The van der Waals surface area contributed by atoms with Gasteiger partial charge in [-0.3, -0.25) is 0 Å². The Balaban J connectivity index is 0.00000484. The summed E-state index contributed by atoms with van der Waals surface area (Å²) >= 11 is 0. The summed E-state index contributed by atoms with van der Waals surface area (Å²) in [6.07, 6.45) is 0. The Morgan fingerprint density at radius 3 is 2.17 bits per heavy atom. The van der Waals surface area contributed by atoms with Crippen LogP contribution >= 0.6 is 12.4 Å². The van der Waals surface area contributed by atoms with Crippen LogP contribution in [0, 0.1) is 0 Å². The zero-order valence-electron chi connectivity index (χ0n) is 13.2. The van der Waals surface area contributed by atoms with E-state index in [0.29, 0.717) is 0 Å². The van der Waals surface area contributed by atoms with Gasteiger partial charge in [-0.15, -0.1) is 12.4 Å². The normalized spacial score (nSPS) is 12.0. The average molecular weight is 356 g/mol. The number of nitrogens with two attached hydrogens (primary N) is 1. The fourth-order valence-electron chi connectivity index (χ4n) is 1.92. The summed E-state index contributed by atoms with van der Waals surface area (Å²) in [5.74, 6) is -5.24. The number of methoxy groups -OCH3 is 3. The van der Waals surface area contributed by atoms with Crippen LogP contribution in [0.25, 0.3) is 0 Å². The van der Waals surface area contributed by atoms with Crippen LogP contribution in [0.4, 0.5) is 8.78 Å². The molecular formula is C14H20ClF2NO5. The highest BCUT2D eigenvalue weighted by atomic mass is 35.5. The number of hydrogen-bond donors (Lipinski definition) is 1. The molecular weight excluding hydrogens is 336 g/mol. The maximum Gasteiger partial charge on any atom is 0.379 e. The van der Waals surface area contributed by atoms with E-state index in [1.54, 1.807) is 0 Å². The van der Waals surface area contributed by atoms with Gasteiger partial charge in [-0.2, -0.15) is 8.78 Å². The van der Waals surface area contributed by atoms with Crippen molar-refractivity contribution in [3.63, 3.8) is 0 Å². The molecule has 0 radical (unpaired) electrons. The molecule has 0 aromatic heterocycles. The van der Waals surface area contributed by atoms with Crippen LogP contribution in [0.5, 0.6) is 17.2 Å². The molecule has 0 aliphatic carbocycles. The zero-order valence-corrected chi connectivity index (χ0v) is 14.0. The summed E-state index contributed by atoms with van der Waals surface area (Å²) in [6.45, 7) is 1.25. The lowest BCUT2D eigenvalue weighted by molar-refractivity contribution is -0.174. The van der Waals surface area contributed by atoms with Crippen molar-refractivity contribution >= 4 is 18.4 Å². The van der Waals surface area contributed by atoms with Crippen LogP contribution in [0.2, 0.25) is 0 Å². The van der Waals surface area contributed by atoms with Crippen molar-refractivity contribution in [2.24, 2.45) is 5.73 Å². The highest BCUT2D eigenvalue weighted by molar-refractivity contribution is 5.85. The second-order valence-electron chi connectivity index (χ2n) is 4.24. The predicted octanol–water partition coefficient (Wildman–Crippen LogP) is 2.33. The molecule has 1 rings (SSSR count). The third-order valence-electron chi connectivity index (χ3n) is 3.01. The smallest absolute Gasteiger partial charge is 0.379 e. The molecule has 2 N–H and O–H groups in total. The third kappa shape index (κ3) is 4.14. The van der Waals surface area contributed by atoms with Crippen molar-refractivity contribution in [3.05, 3.63) is 17.7 Å². The molecule has 9 heteroatoms. The van der Waals surface area contributed by atoms with Gasteiger partial charge < -0.3 is 24.7 Å². The van der Waals surface area contributed by atoms with E-state index in [1.807, 2.05) is 0 Å². The summed E-state index contributed by atoms with van der Waals surface area (Å²) in [5.41, 5.74) is 5.47. The first-order chi connectivity index (χ1) is 10.3. The van der Waals surface area contributed by atoms with Crippen LogP contribution in [0.1, 0.15) is 18.5 Å². The van der Waals surface area contributed by atoms with Gasteiger partial charge in [-0.05, 0) is 19.1 Å². The SMILES string of the molecule is CCOC(=O)C(F)(F)[C@@H](N)c1ccc(OC)c(OC)c1OC.Cl. The Bertz CT molecular complexity index is 542. The maximum absolute atomic E-state index is 14.1. The van der Waals surface area contributed by atoms with Gasteiger partial charge in [0.25, 0.3) is 0 Å². The van der Waals surface area contributed by atoms with Crippen LogP contribution < -0.4 is 19.9 Å². The molecule has 23 heavy (non-hydrogen) atoms. The Morgan fingerprint density at radius 1 is 1.17 bits per heavy atom. The molecule has 132 valence electrons. The highest BCUT2D eigenvalue weighted by Gasteiger charge is 2.49. The molecule has 0 unspecified atom stereocenters. The second kappa shape index (κ2) is 8.73. The standard InChI is InChI=1S/C14H19F2NO5.ClH/c1-5-22-13(18)14(15,16)12(17)8-6-7-9(19-2)11(21-4)10(8)20-3;/h6-7,12H,5,17H2,1-4H3;1H/t12-;/m0./s1. The van der Waals surface area contributed by atoms with E-state index in [4.69, 9.17) is 19.9 Å². The van der Waals surface area contributed by atoms with Crippen LogP contribution in [0.3, 0.4) is 0 Å². The summed E-state index contributed by atoms with van der Waals surface area (Å²) in [7, 11) is 4.00. The van der Waals surface area contributed by atoms with Gasteiger partial charge in [0, 0.05) is 5.56 Å². The Hall–Kier alpha value is -1.80. The largest absolute Gasteiger partial charge is 0.493 e. The monoisotopic (exact) mass is 355 g/mol. The van der Waals surface area contributed by atoms with E-state index in [1.165, 1.54) is 40.4 Å². The average Bonchev–Trinajstić information content (AvgIpc) is 2.52. The molecule has 0 saturated heterocycles. The first kappa shape index (κ1) is 21.2. The summed E-state index contributed by atoms with van der Waals surface area (Å²) in [4.78, 5) is 11.4. The second-order valence-corrected chi connectivity index (χ2v) is 4.24. The van der Waals surface area contributed by atoms with Crippen molar-refractivity contribution in [3.8, 4) is 17.2 Å². The van der Waals surface area contributed by atoms with Crippen molar-refractivity contribution in [2.75, 3.05) is 27.9 Å². The molecule has 0 saturated carbocycles. The molecule has 1 atom stereocenters. The topological polar surface area (TPSA) is 80.0 Å². The van der Waals surface area contributed by atoms with E-state index >= 15 is 0 Å². The number of ether oxygens (including phenoxy) is 4. The van der Waals surface area contributed by atoms with Gasteiger partial charge in [-0.25, -0.2) is 4.79 Å². The molecule has 0 fully saturated rings. The minimum Gasteiger partial charge on any atom is -0.493 e. The first-order valence-electron chi connectivity index (χ1n) is 6.44. The lowest BCUT2D eigenvalue weighted by Crippen LogP contribution is -2.41. The number of benzene rings is 1. The molecule has 0 spiro atoms. The van der Waals surface area contributed by atoms with Gasteiger partial charge in [0.1, 0.15) is 6.04 Å². The molecule has 0 aliphatic rings. The van der Waals surface area contributed by atoms with E-state index in [9.17, 15) is 13.6 Å². The van der Waals surface area contributed by atoms with Gasteiger partial charge >= 0.3 is 11.9 Å². The number of esters is 1. The van der Waals surface area contributed by atoms with Gasteiger partial charge in [0.2, 0.25) is 5.75 Å². The van der Waals surface area contributed by atoms with E-state index in [2.05, 4.69) is 4.74 Å². The molecule has 0 aliphatic heterocycles. The zero-order chi connectivity index (χ0) is 16.9. The van der Waals surface area contributed by atoms with E-state index in [0.717, 1.165) is 0 Å². The molecule has 0 amide bonds. The Labute approximate surface area is 139 Å². The number of alkyl halides is 2. The molecule has 6 nitrogen and oxygen atoms in total. The summed E-state index contributed by atoms with van der Waals surface area (Å²) in [5, 5.41) is 0. The van der Waals surface area contributed by atoms with Crippen molar-refractivity contribution < 1.29 is 32.5 Å². The van der Waals surface area contributed by atoms with Crippen LogP contribution in [-0.2, 0) is 9.53 Å². The van der Waals surface area contributed by atoms with Gasteiger partial charge in [-0.1, -0.05) is 0 Å². The fourth-order valence-corrected chi connectivity index (χ4v) is 1.92. The summed E-state index contributed by atoms with van der Waals surface area (Å²) < 4.78 is 47.8. The third-order valence-corrected chi connectivity index (χ3v) is 3.01. The van der Waals surface area contributed by atoms with E-state index < -0.39 is 17.9 Å². The van der Waals surface area contributed by atoms with E-state index in [-0.39, 0.29) is 41.8 Å². The quantitative estimate of drug-likeness (QED) is 0.756. The Kier molecular flexibility index (Phi) is 8.05. The Morgan fingerprint density at radius 2 is 1.74 bits per heavy atom. The van der Waals surface area contributed by atoms with Crippen molar-refractivity contribution in [2.45, 2.75) is 18.9 Å². The fraction of sp³-hybridized carbons (Fsp3) is 0.500. The predicted molar refractivity (Wildman–Crippen MR) is 81.9 cm³/mol. The number of carbonyl (C=O) groups is 1. The maximum atomic E-state index is 14.1. The summed E-state index contributed by atoms with van der Waals surface area (Å²) in [6, 6.07) is 0.733. The molecule has 0 heterocycles. The number of hydrogen-bond acceptors (Lipinski definition) is 6. The van der Waals surface area contributed by atoms with Crippen molar-refractivity contribution in [1.82, 2.24) is 0 Å². The molecule has 0 bridgehead atoms. The van der Waals surface area contributed by atoms with Crippen LogP contribution in [-0.4, -0.2) is 39.8 Å². The highest BCUT2D eigenvalue weighted by Crippen LogP contribution is 2.44. The van der Waals surface area contributed by atoms with Gasteiger partial charge in [0.15, 0.2) is 11.5 Å². The minimum absolute atomic E-state index is 0. The minimum atomic E-state index is -3.91. The lowest BCUT2D eigenvalue weighted by Gasteiger charge is -2.24. The van der Waals surface area contributed by atoms with Crippen LogP contribution in [0.15, 0.2) is 12.1 Å². The number of rotatable bonds is 7. The molecule has 1 aromatic rings. The lowest BCUT2D eigenvalue weighted by atomic mass is 9.99.